The molecule has 7 heteroatoms. The first-order valence-electron chi connectivity index (χ1n) is 9.95. The number of esters is 2. The second kappa shape index (κ2) is 12.3. The predicted molar refractivity (Wildman–Crippen MR) is 109 cm³/mol. The second-order valence-electron chi connectivity index (χ2n) is 8.66. The monoisotopic (exact) mass is 387 g/mol. The fraction of sp³-hybridized carbons (Fsp3) is 0.900. The number of carbonyl (C=O) groups is 2. The minimum absolute atomic E-state index is 0.195. The quantitative estimate of drug-likeness (QED) is 0.405. The first-order valence-corrected chi connectivity index (χ1v) is 9.95. The van der Waals surface area contributed by atoms with Crippen LogP contribution in [0.5, 0.6) is 0 Å². The van der Waals surface area contributed by atoms with E-state index in [0.717, 1.165) is 39.3 Å². The molecule has 0 aromatic rings. The van der Waals surface area contributed by atoms with Crippen LogP contribution in [0, 0.1) is 0 Å². The van der Waals surface area contributed by atoms with E-state index in [9.17, 15) is 9.59 Å². The molecule has 27 heavy (non-hydrogen) atoms. The topological polar surface area (TPSA) is 71.1 Å². The van der Waals surface area contributed by atoms with E-state index in [-0.39, 0.29) is 11.9 Å². The van der Waals surface area contributed by atoms with Crippen molar-refractivity contribution in [1.29, 1.82) is 0 Å². The number of hydrogen-bond acceptors (Lipinski definition) is 7. The van der Waals surface area contributed by atoms with Gasteiger partial charge in [-0.1, -0.05) is 13.8 Å². The van der Waals surface area contributed by atoms with E-state index in [2.05, 4.69) is 15.1 Å². The van der Waals surface area contributed by atoms with Gasteiger partial charge < -0.3 is 14.8 Å². The summed E-state index contributed by atoms with van der Waals surface area (Å²) < 4.78 is 10.7. The van der Waals surface area contributed by atoms with Crippen LogP contribution in [0.15, 0.2) is 0 Å². The molecule has 0 bridgehead atoms. The lowest BCUT2D eigenvalue weighted by Gasteiger charge is -2.25. The Kier molecular flexibility index (Phi) is 11.8. The summed E-state index contributed by atoms with van der Waals surface area (Å²) in [6, 6.07) is 0. The van der Waals surface area contributed by atoms with E-state index >= 15 is 0 Å². The van der Waals surface area contributed by atoms with Gasteiger partial charge in [-0.25, -0.2) is 0 Å². The fourth-order valence-corrected chi connectivity index (χ4v) is 2.41. The van der Waals surface area contributed by atoms with Gasteiger partial charge in [-0.15, -0.1) is 0 Å². The number of nitrogens with zero attached hydrogens (tertiary/aromatic N) is 2. The Morgan fingerprint density at radius 2 is 1.07 bits per heavy atom. The van der Waals surface area contributed by atoms with E-state index in [1.54, 1.807) is 0 Å². The zero-order valence-electron chi connectivity index (χ0n) is 18.7. The molecule has 0 heterocycles. The summed E-state index contributed by atoms with van der Waals surface area (Å²) in [6.07, 6.45) is 0. The highest BCUT2D eigenvalue weighted by Crippen LogP contribution is 2.08. The zero-order valence-corrected chi connectivity index (χ0v) is 18.7. The summed E-state index contributed by atoms with van der Waals surface area (Å²) in [5.41, 5.74) is -0.904. The van der Waals surface area contributed by atoms with E-state index in [0.29, 0.717) is 13.1 Å². The molecule has 7 nitrogen and oxygen atoms in total. The first-order chi connectivity index (χ1) is 12.4. The van der Waals surface area contributed by atoms with Gasteiger partial charge in [0.05, 0.1) is 13.1 Å². The Hall–Kier alpha value is -1.18. The van der Waals surface area contributed by atoms with Crippen LogP contribution in [0.25, 0.3) is 0 Å². The van der Waals surface area contributed by atoms with Gasteiger partial charge in [0.1, 0.15) is 11.2 Å². The van der Waals surface area contributed by atoms with Gasteiger partial charge in [0.2, 0.25) is 0 Å². The molecule has 0 aliphatic rings. The van der Waals surface area contributed by atoms with Crippen molar-refractivity contribution in [2.75, 3.05) is 52.4 Å². The first kappa shape index (κ1) is 25.8. The van der Waals surface area contributed by atoms with Crippen molar-refractivity contribution in [2.24, 2.45) is 0 Å². The molecule has 0 aromatic heterocycles. The minimum atomic E-state index is -0.452. The van der Waals surface area contributed by atoms with Crippen molar-refractivity contribution < 1.29 is 19.1 Å². The van der Waals surface area contributed by atoms with Crippen LogP contribution in [-0.4, -0.2) is 85.3 Å². The Bertz CT molecular complexity index is 401. The third-order valence-electron chi connectivity index (χ3n) is 3.65. The van der Waals surface area contributed by atoms with Crippen molar-refractivity contribution in [3.8, 4) is 0 Å². The van der Waals surface area contributed by atoms with Crippen LogP contribution < -0.4 is 5.32 Å². The zero-order chi connectivity index (χ0) is 21.1. The standard InChI is InChI=1S/C20H41N3O4/c1-9-22(15-17(24)26-19(3,4)5)13-11-21-12-14-23(10-2)16-18(25)27-20(6,7)8/h21H,9-16H2,1-8H3. The number of nitrogens with one attached hydrogen (secondary N) is 1. The minimum Gasteiger partial charge on any atom is -0.459 e. The van der Waals surface area contributed by atoms with Crippen molar-refractivity contribution in [2.45, 2.75) is 66.6 Å². The highest BCUT2D eigenvalue weighted by atomic mass is 16.6. The van der Waals surface area contributed by atoms with Crippen LogP contribution in [0.2, 0.25) is 0 Å². The van der Waals surface area contributed by atoms with E-state index in [1.165, 1.54) is 0 Å². The highest BCUT2D eigenvalue weighted by molar-refractivity contribution is 5.72. The molecule has 0 aliphatic heterocycles. The maximum absolute atomic E-state index is 11.9. The smallest absolute Gasteiger partial charge is 0.320 e. The molecule has 0 spiro atoms. The number of ether oxygens (including phenoxy) is 2. The van der Waals surface area contributed by atoms with Crippen molar-refractivity contribution in [3.63, 3.8) is 0 Å². The third-order valence-corrected chi connectivity index (χ3v) is 3.65. The van der Waals surface area contributed by atoms with Gasteiger partial charge in [0.15, 0.2) is 0 Å². The Labute approximate surface area is 165 Å². The lowest BCUT2D eigenvalue weighted by atomic mass is 10.2. The molecular weight excluding hydrogens is 346 g/mol. The summed E-state index contributed by atoms with van der Waals surface area (Å²) in [5.74, 6) is -0.391. The number of rotatable bonds is 12. The van der Waals surface area contributed by atoms with Crippen molar-refractivity contribution in [1.82, 2.24) is 15.1 Å². The summed E-state index contributed by atoms with van der Waals surface area (Å²) in [6.45, 7) is 20.6. The average Bonchev–Trinajstić information content (AvgIpc) is 2.48. The number of hydrogen-bond donors (Lipinski definition) is 1. The predicted octanol–water partition coefficient (Wildman–Crippen LogP) is 1.90. The normalized spacial score (nSPS) is 12.5. The lowest BCUT2D eigenvalue weighted by molar-refractivity contribution is -0.157. The average molecular weight is 388 g/mol. The van der Waals surface area contributed by atoms with Crippen molar-refractivity contribution >= 4 is 11.9 Å². The van der Waals surface area contributed by atoms with Crippen LogP contribution in [0.1, 0.15) is 55.4 Å². The Morgan fingerprint density at radius 3 is 1.33 bits per heavy atom. The highest BCUT2D eigenvalue weighted by Gasteiger charge is 2.19. The summed E-state index contributed by atoms with van der Waals surface area (Å²) in [4.78, 5) is 27.9. The van der Waals surface area contributed by atoms with Gasteiger partial charge >= 0.3 is 11.9 Å². The largest absolute Gasteiger partial charge is 0.459 e. The van der Waals surface area contributed by atoms with Crippen LogP contribution in [-0.2, 0) is 19.1 Å². The van der Waals surface area contributed by atoms with Gasteiger partial charge in [-0.3, -0.25) is 19.4 Å². The molecule has 1 N–H and O–H groups in total. The maximum Gasteiger partial charge on any atom is 0.320 e. The van der Waals surface area contributed by atoms with Gasteiger partial charge in [-0.2, -0.15) is 0 Å². The Morgan fingerprint density at radius 1 is 0.741 bits per heavy atom. The molecule has 0 radical (unpaired) electrons. The molecule has 160 valence electrons. The van der Waals surface area contributed by atoms with Gasteiger partial charge in [0.25, 0.3) is 0 Å². The molecule has 0 atom stereocenters. The van der Waals surface area contributed by atoms with E-state index in [1.807, 2.05) is 55.4 Å². The third kappa shape index (κ3) is 15.6. The summed E-state index contributed by atoms with van der Waals surface area (Å²) in [5, 5.41) is 3.37. The molecule has 0 fully saturated rings. The van der Waals surface area contributed by atoms with Crippen LogP contribution in [0.4, 0.5) is 0 Å². The number of carbonyl (C=O) groups excluding carboxylic acids is 2. The van der Waals surface area contributed by atoms with Gasteiger partial charge in [-0.05, 0) is 54.6 Å². The SMILES string of the molecule is CCN(CCNCCN(CC)CC(=O)OC(C)(C)C)CC(=O)OC(C)(C)C. The molecule has 0 unspecified atom stereocenters. The molecule has 0 rings (SSSR count). The molecule has 0 aliphatic carbocycles. The van der Waals surface area contributed by atoms with E-state index < -0.39 is 11.2 Å². The Balaban J connectivity index is 4.06. The van der Waals surface area contributed by atoms with Gasteiger partial charge in [0, 0.05) is 26.2 Å². The summed E-state index contributed by atoms with van der Waals surface area (Å²) in [7, 11) is 0. The fourth-order valence-electron chi connectivity index (χ4n) is 2.41. The molecule has 0 aromatic carbocycles. The molecular formula is C20H41N3O4. The number of likely N-dealkylation sites (N-methyl/N-ethyl adjacent to an activating group) is 2. The molecule has 0 saturated heterocycles. The second-order valence-corrected chi connectivity index (χ2v) is 8.66. The van der Waals surface area contributed by atoms with Crippen LogP contribution >= 0.6 is 0 Å². The van der Waals surface area contributed by atoms with Crippen molar-refractivity contribution in [3.05, 3.63) is 0 Å². The lowest BCUT2D eigenvalue weighted by Crippen LogP contribution is -2.41. The summed E-state index contributed by atoms with van der Waals surface area (Å²) >= 11 is 0. The van der Waals surface area contributed by atoms with E-state index in [4.69, 9.17) is 9.47 Å². The maximum atomic E-state index is 11.9. The molecule has 0 saturated carbocycles. The van der Waals surface area contributed by atoms with Crippen LogP contribution in [0.3, 0.4) is 0 Å². The molecule has 0 amide bonds.